The molecule has 0 aliphatic carbocycles. The Morgan fingerprint density at radius 2 is 2.04 bits per heavy atom. The van der Waals surface area contributed by atoms with E-state index in [4.69, 9.17) is 16.9 Å². The quantitative estimate of drug-likeness (QED) is 0.846. The second-order valence-corrected chi connectivity index (χ2v) is 5.89. The van der Waals surface area contributed by atoms with Crippen LogP contribution in [0.5, 0.6) is 5.75 Å². The van der Waals surface area contributed by atoms with Gasteiger partial charge in [-0.2, -0.15) is 5.26 Å². The van der Waals surface area contributed by atoms with Crippen molar-refractivity contribution in [2.75, 3.05) is 5.32 Å². The number of anilines is 1. The van der Waals surface area contributed by atoms with Gasteiger partial charge in [0.1, 0.15) is 11.8 Å². The highest BCUT2D eigenvalue weighted by molar-refractivity contribution is 6.35. The zero-order valence-electron chi connectivity index (χ0n) is 12.8. The van der Waals surface area contributed by atoms with Gasteiger partial charge in [0.05, 0.1) is 17.0 Å². The van der Waals surface area contributed by atoms with E-state index in [-0.39, 0.29) is 28.5 Å². The summed E-state index contributed by atoms with van der Waals surface area (Å²) in [6.07, 6.45) is -4.79. The molecular formula is C17H10ClF3N2O2. The summed E-state index contributed by atoms with van der Waals surface area (Å²) in [5.41, 5.74) is 2.29. The van der Waals surface area contributed by atoms with Gasteiger partial charge in [-0.15, -0.1) is 13.2 Å². The SMILES string of the molecule is Cc1cc(-c2c(OC(F)(F)F)ccc(C#N)c2Cl)cc2c1NC(=O)C2. The molecule has 0 atom stereocenters. The molecule has 1 amide bonds. The lowest BCUT2D eigenvalue weighted by Gasteiger charge is -2.17. The van der Waals surface area contributed by atoms with Crippen LogP contribution >= 0.6 is 11.6 Å². The third-order valence-electron chi connectivity index (χ3n) is 3.77. The van der Waals surface area contributed by atoms with Gasteiger partial charge in [0, 0.05) is 11.3 Å². The smallest absolute Gasteiger partial charge is 0.405 e. The lowest BCUT2D eigenvalue weighted by Crippen LogP contribution is -2.17. The van der Waals surface area contributed by atoms with Crippen LogP contribution in [0, 0.1) is 18.3 Å². The summed E-state index contributed by atoms with van der Waals surface area (Å²) in [4.78, 5) is 11.6. The van der Waals surface area contributed by atoms with Crippen LogP contribution in [-0.2, 0) is 11.2 Å². The van der Waals surface area contributed by atoms with Crippen molar-refractivity contribution < 1.29 is 22.7 Å². The zero-order chi connectivity index (χ0) is 18.4. The van der Waals surface area contributed by atoms with Crippen molar-refractivity contribution in [2.24, 2.45) is 0 Å². The topological polar surface area (TPSA) is 62.1 Å². The summed E-state index contributed by atoms with van der Waals surface area (Å²) >= 11 is 6.16. The maximum absolute atomic E-state index is 12.7. The molecular weight excluding hydrogens is 357 g/mol. The molecule has 0 saturated heterocycles. The van der Waals surface area contributed by atoms with E-state index in [1.807, 2.05) is 6.07 Å². The molecule has 2 aromatic rings. The first kappa shape index (κ1) is 17.1. The molecule has 0 radical (unpaired) electrons. The number of alkyl halides is 3. The fraction of sp³-hybridized carbons (Fsp3) is 0.176. The molecule has 0 spiro atoms. The van der Waals surface area contributed by atoms with Gasteiger partial charge in [0.2, 0.25) is 5.91 Å². The summed E-state index contributed by atoms with van der Waals surface area (Å²) < 4.78 is 42.2. The standard InChI is InChI=1S/C17H10ClF3N2O2/c1-8-4-10(5-11-6-13(24)23-16(8)11)14-12(25-17(19,20)21)3-2-9(7-22)15(14)18/h2-5H,6H2,1H3,(H,23,24). The van der Waals surface area contributed by atoms with E-state index in [9.17, 15) is 18.0 Å². The Kier molecular flexibility index (Phi) is 4.09. The highest BCUT2D eigenvalue weighted by Gasteiger charge is 2.33. The zero-order valence-corrected chi connectivity index (χ0v) is 13.5. The highest BCUT2D eigenvalue weighted by Crippen LogP contribution is 2.43. The van der Waals surface area contributed by atoms with Gasteiger partial charge in [-0.3, -0.25) is 4.79 Å². The number of ether oxygens (including phenoxy) is 1. The molecule has 0 saturated carbocycles. The summed E-state index contributed by atoms with van der Waals surface area (Å²) in [7, 11) is 0. The Labute approximate surface area is 145 Å². The van der Waals surface area contributed by atoms with E-state index in [1.54, 1.807) is 19.1 Å². The molecule has 2 aromatic carbocycles. The van der Waals surface area contributed by atoms with E-state index in [1.165, 1.54) is 0 Å². The number of carbonyl (C=O) groups excluding carboxylic acids is 1. The highest BCUT2D eigenvalue weighted by atomic mass is 35.5. The van der Waals surface area contributed by atoms with Gasteiger partial charge >= 0.3 is 6.36 Å². The lowest BCUT2D eigenvalue weighted by molar-refractivity contribution is -0.274. The number of hydrogen-bond donors (Lipinski definition) is 1. The molecule has 0 fully saturated rings. The first-order chi connectivity index (χ1) is 11.7. The molecule has 1 heterocycles. The van der Waals surface area contributed by atoms with Gasteiger partial charge < -0.3 is 10.1 Å². The molecule has 4 nitrogen and oxygen atoms in total. The van der Waals surface area contributed by atoms with E-state index >= 15 is 0 Å². The number of hydrogen-bond acceptors (Lipinski definition) is 3. The number of nitrogens with one attached hydrogen (secondary N) is 1. The van der Waals surface area contributed by atoms with Crippen molar-refractivity contribution in [3.05, 3.63) is 46.0 Å². The molecule has 8 heteroatoms. The minimum absolute atomic E-state index is 0.0264. The fourth-order valence-electron chi connectivity index (χ4n) is 2.80. The number of fused-ring (bicyclic) bond motifs is 1. The first-order valence-electron chi connectivity index (χ1n) is 7.11. The first-order valence-corrected chi connectivity index (χ1v) is 7.49. The monoisotopic (exact) mass is 366 g/mol. The number of amides is 1. The van der Waals surface area contributed by atoms with Gasteiger partial charge in [0.25, 0.3) is 0 Å². The van der Waals surface area contributed by atoms with Crippen molar-refractivity contribution in [2.45, 2.75) is 19.7 Å². The van der Waals surface area contributed by atoms with Crippen LogP contribution in [0.25, 0.3) is 11.1 Å². The fourth-order valence-corrected chi connectivity index (χ4v) is 3.11. The minimum atomic E-state index is -4.91. The Bertz CT molecular complexity index is 933. The molecule has 0 bridgehead atoms. The molecule has 1 aliphatic rings. The van der Waals surface area contributed by atoms with Crippen LogP contribution in [-0.4, -0.2) is 12.3 Å². The second-order valence-electron chi connectivity index (χ2n) is 5.51. The maximum Gasteiger partial charge on any atom is 0.573 e. The van der Waals surface area contributed by atoms with Crippen LogP contribution < -0.4 is 10.1 Å². The maximum atomic E-state index is 12.7. The molecule has 1 N–H and O–H groups in total. The molecule has 25 heavy (non-hydrogen) atoms. The number of halogens is 4. The van der Waals surface area contributed by atoms with Crippen molar-refractivity contribution in [3.63, 3.8) is 0 Å². The van der Waals surface area contributed by atoms with Gasteiger partial charge in [-0.25, -0.2) is 0 Å². The predicted molar refractivity (Wildman–Crippen MR) is 85.4 cm³/mol. The Morgan fingerprint density at radius 3 is 2.68 bits per heavy atom. The summed E-state index contributed by atoms with van der Waals surface area (Å²) in [6, 6.07) is 7.22. The van der Waals surface area contributed by atoms with E-state index in [0.717, 1.165) is 12.1 Å². The average molecular weight is 367 g/mol. The van der Waals surface area contributed by atoms with Gasteiger partial charge in [0.15, 0.2) is 0 Å². The Morgan fingerprint density at radius 1 is 1.32 bits per heavy atom. The van der Waals surface area contributed by atoms with Crippen molar-refractivity contribution in [1.29, 1.82) is 5.26 Å². The third kappa shape index (κ3) is 3.26. The van der Waals surface area contributed by atoms with Crippen LogP contribution in [0.3, 0.4) is 0 Å². The lowest BCUT2D eigenvalue weighted by atomic mass is 9.96. The normalized spacial score (nSPS) is 13.2. The number of nitrogens with zero attached hydrogens (tertiary/aromatic N) is 1. The van der Waals surface area contributed by atoms with E-state index in [0.29, 0.717) is 22.4 Å². The average Bonchev–Trinajstić information content (AvgIpc) is 2.87. The molecule has 0 aromatic heterocycles. The summed E-state index contributed by atoms with van der Waals surface area (Å²) in [6.45, 7) is 1.72. The summed E-state index contributed by atoms with van der Waals surface area (Å²) in [5, 5.41) is 11.7. The predicted octanol–water partition coefficient (Wildman–Crippen LogP) is 4.58. The van der Waals surface area contributed by atoms with E-state index < -0.39 is 12.1 Å². The number of carbonyl (C=O) groups is 1. The Hall–Kier alpha value is -2.72. The van der Waals surface area contributed by atoms with Crippen LogP contribution in [0.4, 0.5) is 18.9 Å². The Balaban J connectivity index is 2.23. The third-order valence-corrected chi connectivity index (χ3v) is 4.16. The van der Waals surface area contributed by atoms with Gasteiger partial charge in [-0.05, 0) is 47.9 Å². The molecule has 1 aliphatic heterocycles. The van der Waals surface area contributed by atoms with Crippen molar-refractivity contribution in [1.82, 2.24) is 0 Å². The molecule has 0 unspecified atom stereocenters. The minimum Gasteiger partial charge on any atom is -0.405 e. The van der Waals surface area contributed by atoms with Crippen LogP contribution in [0.15, 0.2) is 24.3 Å². The van der Waals surface area contributed by atoms with E-state index in [2.05, 4.69) is 10.1 Å². The van der Waals surface area contributed by atoms with Crippen LogP contribution in [0.2, 0.25) is 5.02 Å². The van der Waals surface area contributed by atoms with Crippen LogP contribution in [0.1, 0.15) is 16.7 Å². The number of nitriles is 1. The van der Waals surface area contributed by atoms with Crippen molar-refractivity contribution in [3.8, 4) is 22.9 Å². The summed E-state index contributed by atoms with van der Waals surface area (Å²) in [5.74, 6) is -0.702. The number of rotatable bonds is 2. The largest absolute Gasteiger partial charge is 0.573 e. The second kappa shape index (κ2) is 5.97. The number of aryl methyl sites for hydroxylation is 1. The molecule has 3 rings (SSSR count). The van der Waals surface area contributed by atoms with Gasteiger partial charge in [-0.1, -0.05) is 11.6 Å². The molecule has 128 valence electrons. The van der Waals surface area contributed by atoms with Crippen molar-refractivity contribution >= 4 is 23.2 Å². The number of benzene rings is 2.